The van der Waals surface area contributed by atoms with Crippen molar-refractivity contribution in [2.45, 2.75) is 40.0 Å². The highest BCUT2D eigenvalue weighted by Gasteiger charge is 2.18. The number of hydrazone groups is 1. The van der Waals surface area contributed by atoms with Crippen LogP contribution in [0.5, 0.6) is 0 Å². The van der Waals surface area contributed by atoms with Crippen LogP contribution in [0.4, 0.5) is 0 Å². The highest BCUT2D eigenvalue weighted by Crippen LogP contribution is 2.23. The molecule has 1 amide bonds. The van der Waals surface area contributed by atoms with Gasteiger partial charge >= 0.3 is 5.97 Å². The van der Waals surface area contributed by atoms with Crippen molar-refractivity contribution in [3.63, 3.8) is 0 Å². The van der Waals surface area contributed by atoms with Crippen molar-refractivity contribution in [2.24, 2.45) is 5.10 Å². The minimum Gasteiger partial charge on any atom is -0.477 e. The maximum absolute atomic E-state index is 13.0. The molecule has 3 aromatic rings. The molecule has 8 nitrogen and oxygen atoms in total. The SMILES string of the molecule is CC(=NNC(=O)c1ccc(C(=O)O)s1)c1c(C)[nH]n(-c2ccc(C(C)(C)C)cc2)c1=O. The smallest absolute Gasteiger partial charge is 0.345 e. The first-order chi connectivity index (χ1) is 14.5. The lowest BCUT2D eigenvalue weighted by atomic mass is 9.87. The van der Waals surface area contributed by atoms with Gasteiger partial charge in [-0.05, 0) is 49.1 Å². The summed E-state index contributed by atoms with van der Waals surface area (Å²) < 4.78 is 1.44. The van der Waals surface area contributed by atoms with E-state index in [1.54, 1.807) is 13.8 Å². The Morgan fingerprint density at radius 3 is 2.26 bits per heavy atom. The second-order valence-electron chi connectivity index (χ2n) is 8.16. The topological polar surface area (TPSA) is 117 Å². The number of H-pyrrole nitrogens is 1. The molecular weight excluding hydrogens is 416 g/mol. The number of hydrogen-bond donors (Lipinski definition) is 3. The van der Waals surface area contributed by atoms with Crippen molar-refractivity contribution >= 4 is 28.9 Å². The summed E-state index contributed by atoms with van der Waals surface area (Å²) in [6, 6.07) is 10.5. The van der Waals surface area contributed by atoms with Gasteiger partial charge in [-0.1, -0.05) is 32.9 Å². The Morgan fingerprint density at radius 2 is 1.71 bits per heavy atom. The molecule has 0 spiro atoms. The number of amides is 1. The predicted octanol–water partition coefficient (Wildman–Crippen LogP) is 3.69. The van der Waals surface area contributed by atoms with E-state index < -0.39 is 11.9 Å². The van der Waals surface area contributed by atoms with Gasteiger partial charge in [-0.2, -0.15) is 5.10 Å². The molecule has 0 fully saturated rings. The highest BCUT2D eigenvalue weighted by molar-refractivity contribution is 7.15. The summed E-state index contributed by atoms with van der Waals surface area (Å²) >= 11 is 0.854. The Balaban J connectivity index is 1.84. The number of benzene rings is 1. The Kier molecular flexibility index (Phi) is 5.99. The first kappa shape index (κ1) is 22.2. The number of carboxylic acid groups (broad SMARTS) is 1. The van der Waals surface area contributed by atoms with E-state index in [-0.39, 0.29) is 20.7 Å². The standard InChI is InChI=1S/C22H24N4O4S/c1-12(23-24-19(27)16-10-11-17(31-16)21(29)30)18-13(2)25-26(20(18)28)15-8-6-14(7-9-15)22(3,4)5/h6-11,25H,1-5H3,(H,24,27)(H,29,30). The Hall–Kier alpha value is -3.46. The molecular formula is C22H24N4O4S. The molecule has 162 valence electrons. The Morgan fingerprint density at radius 1 is 1.10 bits per heavy atom. The van der Waals surface area contributed by atoms with Crippen LogP contribution in [0, 0.1) is 6.92 Å². The number of carbonyl (C=O) groups excluding carboxylic acids is 1. The molecule has 0 aliphatic carbocycles. The number of rotatable bonds is 5. The number of thiophene rings is 1. The largest absolute Gasteiger partial charge is 0.477 e. The van der Waals surface area contributed by atoms with Gasteiger partial charge in [0.25, 0.3) is 11.5 Å². The zero-order valence-electron chi connectivity index (χ0n) is 17.9. The van der Waals surface area contributed by atoms with Crippen molar-refractivity contribution in [3.8, 4) is 5.69 Å². The van der Waals surface area contributed by atoms with Gasteiger partial charge in [0.1, 0.15) is 4.88 Å². The van der Waals surface area contributed by atoms with Crippen LogP contribution in [0.3, 0.4) is 0 Å². The lowest BCUT2D eigenvalue weighted by molar-refractivity contribution is 0.0702. The fourth-order valence-electron chi connectivity index (χ4n) is 3.09. The van der Waals surface area contributed by atoms with Crippen LogP contribution in [0.25, 0.3) is 5.69 Å². The fraction of sp³-hybridized carbons (Fsp3) is 0.273. The van der Waals surface area contributed by atoms with Gasteiger partial charge in [0.05, 0.1) is 21.8 Å². The molecule has 3 rings (SSSR count). The zero-order valence-corrected chi connectivity index (χ0v) is 18.8. The number of aromatic amines is 1. The molecule has 0 bridgehead atoms. The Bertz CT molecular complexity index is 1220. The first-order valence-electron chi connectivity index (χ1n) is 9.59. The van der Waals surface area contributed by atoms with Gasteiger partial charge in [-0.3, -0.25) is 14.7 Å². The summed E-state index contributed by atoms with van der Waals surface area (Å²) in [5, 5.41) is 16.1. The molecule has 0 aliphatic rings. The maximum Gasteiger partial charge on any atom is 0.345 e. The van der Waals surface area contributed by atoms with E-state index in [9.17, 15) is 14.4 Å². The van der Waals surface area contributed by atoms with Gasteiger partial charge in [-0.15, -0.1) is 11.3 Å². The highest BCUT2D eigenvalue weighted by atomic mass is 32.1. The number of aromatic nitrogens is 2. The quantitative estimate of drug-likeness (QED) is 0.414. The van der Waals surface area contributed by atoms with E-state index in [0.717, 1.165) is 16.9 Å². The van der Waals surface area contributed by atoms with E-state index in [2.05, 4.69) is 36.4 Å². The predicted molar refractivity (Wildman–Crippen MR) is 121 cm³/mol. The van der Waals surface area contributed by atoms with Gasteiger partial charge in [0.15, 0.2) is 0 Å². The van der Waals surface area contributed by atoms with Crippen LogP contribution >= 0.6 is 11.3 Å². The molecule has 31 heavy (non-hydrogen) atoms. The second-order valence-corrected chi connectivity index (χ2v) is 9.24. The van der Waals surface area contributed by atoms with Crippen LogP contribution in [0.15, 0.2) is 46.3 Å². The molecule has 2 heterocycles. The molecule has 0 saturated carbocycles. The van der Waals surface area contributed by atoms with Gasteiger partial charge < -0.3 is 5.11 Å². The summed E-state index contributed by atoms with van der Waals surface area (Å²) in [5.41, 5.74) is 5.29. The molecule has 0 radical (unpaired) electrons. The molecule has 0 saturated heterocycles. The minimum atomic E-state index is -1.09. The summed E-state index contributed by atoms with van der Waals surface area (Å²) in [6.07, 6.45) is 0. The van der Waals surface area contributed by atoms with E-state index in [0.29, 0.717) is 22.7 Å². The fourth-order valence-corrected chi connectivity index (χ4v) is 3.82. The van der Waals surface area contributed by atoms with Crippen LogP contribution in [0.2, 0.25) is 0 Å². The molecule has 3 N–H and O–H groups in total. The second kappa shape index (κ2) is 8.35. The van der Waals surface area contributed by atoms with Gasteiger partial charge in [0, 0.05) is 5.69 Å². The van der Waals surface area contributed by atoms with Crippen LogP contribution < -0.4 is 11.0 Å². The van der Waals surface area contributed by atoms with Crippen LogP contribution in [-0.4, -0.2) is 32.5 Å². The summed E-state index contributed by atoms with van der Waals surface area (Å²) in [6.45, 7) is 9.76. The van der Waals surface area contributed by atoms with Crippen molar-refractivity contribution in [1.29, 1.82) is 0 Å². The molecule has 0 aliphatic heterocycles. The Labute approximate surface area is 183 Å². The molecule has 9 heteroatoms. The third-order valence-electron chi connectivity index (χ3n) is 4.79. The number of aromatic carboxylic acids is 1. The van der Waals surface area contributed by atoms with E-state index in [1.807, 2.05) is 24.3 Å². The monoisotopic (exact) mass is 440 g/mol. The number of nitrogens with one attached hydrogen (secondary N) is 2. The summed E-state index contributed by atoms with van der Waals surface area (Å²) in [4.78, 5) is 36.5. The van der Waals surface area contributed by atoms with E-state index in [4.69, 9.17) is 5.11 Å². The normalized spacial score (nSPS) is 12.1. The van der Waals surface area contributed by atoms with Crippen molar-refractivity contribution in [2.75, 3.05) is 0 Å². The third kappa shape index (κ3) is 4.66. The minimum absolute atomic E-state index is 0.00947. The number of hydrogen-bond acceptors (Lipinski definition) is 5. The zero-order chi connectivity index (χ0) is 22.9. The lowest BCUT2D eigenvalue weighted by Gasteiger charge is -2.19. The third-order valence-corrected chi connectivity index (χ3v) is 5.86. The van der Waals surface area contributed by atoms with Crippen LogP contribution in [0.1, 0.15) is 63.9 Å². The first-order valence-corrected chi connectivity index (χ1v) is 10.4. The number of carboxylic acids is 1. The summed E-state index contributed by atoms with van der Waals surface area (Å²) in [5.74, 6) is -1.63. The van der Waals surface area contributed by atoms with Crippen molar-refractivity contribution in [1.82, 2.24) is 15.2 Å². The number of nitrogens with zero attached hydrogens (tertiary/aromatic N) is 2. The van der Waals surface area contributed by atoms with E-state index >= 15 is 0 Å². The van der Waals surface area contributed by atoms with Gasteiger partial charge in [-0.25, -0.2) is 14.9 Å². The molecule has 2 aromatic heterocycles. The number of aryl methyl sites for hydroxylation is 1. The van der Waals surface area contributed by atoms with Gasteiger partial charge in [0.2, 0.25) is 0 Å². The van der Waals surface area contributed by atoms with E-state index in [1.165, 1.54) is 16.8 Å². The van der Waals surface area contributed by atoms with Crippen LogP contribution in [-0.2, 0) is 5.41 Å². The van der Waals surface area contributed by atoms with Crippen molar-refractivity contribution < 1.29 is 14.7 Å². The van der Waals surface area contributed by atoms with Crippen molar-refractivity contribution in [3.05, 3.63) is 73.3 Å². The molecule has 0 unspecified atom stereocenters. The lowest BCUT2D eigenvalue weighted by Crippen LogP contribution is -2.23. The summed E-state index contributed by atoms with van der Waals surface area (Å²) in [7, 11) is 0. The average molecular weight is 441 g/mol. The number of carbonyl (C=O) groups is 2. The maximum atomic E-state index is 13.0. The molecule has 1 aromatic carbocycles. The average Bonchev–Trinajstić information content (AvgIpc) is 3.30. The molecule has 0 atom stereocenters.